The molecule has 148 valence electrons. The molecule has 0 saturated carbocycles. The van der Waals surface area contributed by atoms with E-state index in [-0.39, 0.29) is 19.0 Å². The fourth-order valence-electron chi connectivity index (χ4n) is 2.08. The molecule has 8 nitrogen and oxygen atoms in total. The summed E-state index contributed by atoms with van der Waals surface area (Å²) in [6, 6.07) is 12.1. The van der Waals surface area contributed by atoms with E-state index in [1.165, 1.54) is 24.3 Å². The fourth-order valence-corrected chi connectivity index (χ4v) is 2.08. The summed E-state index contributed by atoms with van der Waals surface area (Å²) >= 11 is 0. The molecule has 0 atom stereocenters. The van der Waals surface area contributed by atoms with Gasteiger partial charge < -0.3 is 18.9 Å². The quantitative estimate of drug-likeness (QED) is 0.552. The first-order valence-corrected chi connectivity index (χ1v) is 8.08. The highest BCUT2D eigenvalue weighted by atomic mass is 19.1. The number of imide groups is 1. The van der Waals surface area contributed by atoms with Gasteiger partial charge in [-0.25, -0.2) is 18.9 Å². The van der Waals surface area contributed by atoms with Gasteiger partial charge in [0.2, 0.25) is 0 Å². The smallest absolute Gasteiger partial charge is 0.416 e. The Kier molecular flexibility index (Phi) is 7.32. The maximum absolute atomic E-state index is 12.9. The van der Waals surface area contributed by atoms with E-state index in [9.17, 15) is 18.8 Å². The van der Waals surface area contributed by atoms with Crippen molar-refractivity contribution in [2.24, 2.45) is 0 Å². The molecular formula is C19H18FNO7. The SMILES string of the molecule is COC(=O)C(=O)N(CCOc1ccc(Oc2ccc(F)cc2)cc1)C(=O)OC. The molecule has 0 fully saturated rings. The first-order valence-electron chi connectivity index (χ1n) is 8.08. The van der Waals surface area contributed by atoms with Gasteiger partial charge in [-0.05, 0) is 48.5 Å². The molecule has 0 spiro atoms. The molecule has 0 aromatic heterocycles. The van der Waals surface area contributed by atoms with E-state index in [0.717, 1.165) is 14.2 Å². The van der Waals surface area contributed by atoms with Crippen LogP contribution >= 0.6 is 0 Å². The molecule has 0 aliphatic rings. The van der Waals surface area contributed by atoms with Crippen LogP contribution in [0.5, 0.6) is 17.2 Å². The molecule has 0 aliphatic heterocycles. The van der Waals surface area contributed by atoms with Crippen LogP contribution in [0, 0.1) is 5.82 Å². The van der Waals surface area contributed by atoms with Crippen LogP contribution in [0.1, 0.15) is 0 Å². The molecule has 2 rings (SSSR count). The van der Waals surface area contributed by atoms with E-state index in [2.05, 4.69) is 9.47 Å². The van der Waals surface area contributed by atoms with E-state index < -0.39 is 18.0 Å². The Bertz CT molecular complexity index is 821. The Labute approximate surface area is 160 Å². The number of hydrogen-bond acceptors (Lipinski definition) is 7. The van der Waals surface area contributed by atoms with Gasteiger partial charge in [-0.1, -0.05) is 0 Å². The Hall–Kier alpha value is -3.62. The zero-order valence-electron chi connectivity index (χ0n) is 15.2. The number of esters is 1. The number of methoxy groups -OCH3 is 2. The minimum absolute atomic E-state index is 0.0734. The van der Waals surface area contributed by atoms with Crippen molar-refractivity contribution in [1.29, 1.82) is 0 Å². The average Bonchev–Trinajstić information content (AvgIpc) is 2.72. The van der Waals surface area contributed by atoms with E-state index >= 15 is 0 Å². The molecule has 2 amide bonds. The van der Waals surface area contributed by atoms with Gasteiger partial charge in [-0.3, -0.25) is 4.79 Å². The summed E-state index contributed by atoms with van der Waals surface area (Å²) in [6.45, 7) is -0.287. The van der Waals surface area contributed by atoms with Gasteiger partial charge in [0.1, 0.15) is 29.7 Å². The Morgan fingerprint density at radius 1 is 0.857 bits per heavy atom. The van der Waals surface area contributed by atoms with Crippen molar-refractivity contribution in [2.45, 2.75) is 0 Å². The van der Waals surface area contributed by atoms with Gasteiger partial charge >= 0.3 is 18.0 Å². The highest BCUT2D eigenvalue weighted by Crippen LogP contribution is 2.24. The van der Waals surface area contributed by atoms with Gasteiger partial charge in [0.25, 0.3) is 0 Å². The fraction of sp³-hybridized carbons (Fsp3) is 0.211. The highest BCUT2D eigenvalue weighted by Gasteiger charge is 2.28. The van der Waals surface area contributed by atoms with Gasteiger partial charge in [0, 0.05) is 0 Å². The lowest BCUT2D eigenvalue weighted by atomic mass is 10.3. The average molecular weight is 391 g/mol. The summed E-state index contributed by atoms with van der Waals surface area (Å²) in [5.74, 6) is -1.26. The topological polar surface area (TPSA) is 91.4 Å². The molecule has 9 heteroatoms. The van der Waals surface area contributed by atoms with Gasteiger partial charge in [-0.2, -0.15) is 0 Å². The molecule has 0 saturated heterocycles. The predicted molar refractivity (Wildman–Crippen MR) is 94.5 cm³/mol. The summed E-state index contributed by atoms with van der Waals surface area (Å²) in [4.78, 5) is 35.3. The monoisotopic (exact) mass is 391 g/mol. The lowest BCUT2D eigenvalue weighted by molar-refractivity contribution is -0.157. The Morgan fingerprint density at radius 3 is 1.93 bits per heavy atom. The maximum Gasteiger partial charge on any atom is 0.416 e. The van der Waals surface area contributed by atoms with E-state index in [1.54, 1.807) is 24.3 Å². The normalized spacial score (nSPS) is 9.96. The highest BCUT2D eigenvalue weighted by molar-refractivity contribution is 6.34. The van der Waals surface area contributed by atoms with Crippen LogP contribution in [0.15, 0.2) is 48.5 Å². The molecule has 0 N–H and O–H groups in total. The molecule has 0 aliphatic carbocycles. The van der Waals surface area contributed by atoms with Crippen LogP contribution in [0.2, 0.25) is 0 Å². The van der Waals surface area contributed by atoms with Gasteiger partial charge in [0.15, 0.2) is 0 Å². The standard InChI is InChI=1S/C19H18FNO7/c1-25-18(23)17(22)21(19(24)26-2)11-12-27-14-7-9-16(10-8-14)28-15-5-3-13(20)4-6-15/h3-10H,11-12H2,1-2H3. The third-order valence-electron chi connectivity index (χ3n) is 3.46. The second-order valence-electron chi connectivity index (χ2n) is 5.29. The van der Waals surface area contributed by atoms with Crippen molar-refractivity contribution in [3.8, 4) is 17.2 Å². The van der Waals surface area contributed by atoms with Crippen molar-refractivity contribution < 1.29 is 37.7 Å². The predicted octanol–water partition coefficient (Wildman–Crippen LogP) is 2.76. The number of ether oxygens (including phenoxy) is 4. The number of amides is 2. The summed E-state index contributed by atoms with van der Waals surface area (Å²) in [6.07, 6.45) is -0.998. The number of halogens is 1. The third kappa shape index (κ3) is 5.70. The van der Waals surface area contributed by atoms with Crippen molar-refractivity contribution in [1.82, 2.24) is 4.90 Å². The molecule has 0 heterocycles. The maximum atomic E-state index is 12.9. The molecular weight excluding hydrogens is 373 g/mol. The van der Waals surface area contributed by atoms with Crippen LogP contribution in [-0.2, 0) is 19.1 Å². The lowest BCUT2D eigenvalue weighted by Gasteiger charge is -2.18. The number of benzene rings is 2. The molecule has 2 aromatic carbocycles. The molecule has 0 unspecified atom stereocenters. The molecule has 0 bridgehead atoms. The second-order valence-corrected chi connectivity index (χ2v) is 5.29. The first kappa shape index (κ1) is 20.7. The molecule has 0 radical (unpaired) electrons. The van der Waals surface area contributed by atoms with Crippen LogP contribution in [0.25, 0.3) is 0 Å². The van der Waals surface area contributed by atoms with E-state index in [0.29, 0.717) is 22.1 Å². The summed E-state index contributed by atoms with van der Waals surface area (Å²) in [7, 11) is 2.11. The number of carbonyl (C=O) groups is 3. The third-order valence-corrected chi connectivity index (χ3v) is 3.46. The lowest BCUT2D eigenvalue weighted by Crippen LogP contribution is -2.43. The van der Waals surface area contributed by atoms with E-state index in [1.807, 2.05) is 0 Å². The van der Waals surface area contributed by atoms with Crippen molar-refractivity contribution in [2.75, 3.05) is 27.4 Å². The zero-order valence-corrected chi connectivity index (χ0v) is 15.2. The number of hydrogen-bond donors (Lipinski definition) is 0. The minimum atomic E-state index is -1.19. The van der Waals surface area contributed by atoms with Crippen LogP contribution < -0.4 is 9.47 Å². The summed E-state index contributed by atoms with van der Waals surface area (Å²) < 4.78 is 32.7. The van der Waals surface area contributed by atoms with Crippen molar-refractivity contribution >= 4 is 18.0 Å². The number of carbonyl (C=O) groups excluding carboxylic acids is 3. The summed E-state index contributed by atoms with van der Waals surface area (Å²) in [5, 5.41) is 0. The number of nitrogens with zero attached hydrogens (tertiary/aromatic N) is 1. The second kappa shape index (κ2) is 9.91. The van der Waals surface area contributed by atoms with Gasteiger partial charge in [-0.15, -0.1) is 0 Å². The number of rotatable bonds is 6. The van der Waals surface area contributed by atoms with Crippen molar-refractivity contribution in [3.63, 3.8) is 0 Å². The van der Waals surface area contributed by atoms with Crippen LogP contribution in [0.4, 0.5) is 9.18 Å². The first-order chi connectivity index (χ1) is 13.4. The Balaban J connectivity index is 1.90. The van der Waals surface area contributed by atoms with E-state index in [4.69, 9.17) is 9.47 Å². The Morgan fingerprint density at radius 2 is 1.39 bits per heavy atom. The molecule has 28 heavy (non-hydrogen) atoms. The minimum Gasteiger partial charge on any atom is -0.492 e. The molecule has 2 aromatic rings. The van der Waals surface area contributed by atoms with Crippen molar-refractivity contribution in [3.05, 3.63) is 54.3 Å². The summed E-state index contributed by atoms with van der Waals surface area (Å²) in [5.41, 5.74) is 0. The zero-order chi connectivity index (χ0) is 20.5. The van der Waals surface area contributed by atoms with Crippen LogP contribution in [-0.4, -0.2) is 50.2 Å². The van der Waals surface area contributed by atoms with Gasteiger partial charge in [0.05, 0.1) is 20.8 Å². The van der Waals surface area contributed by atoms with Crippen LogP contribution in [0.3, 0.4) is 0 Å². The largest absolute Gasteiger partial charge is 0.492 e.